The fraction of sp³-hybridized carbons (Fsp3) is 0.773. The zero-order chi connectivity index (χ0) is 22.1. The fourth-order valence-electron chi connectivity index (χ4n) is 2.40. The van der Waals surface area contributed by atoms with Crippen LogP contribution in [-0.4, -0.2) is 34.7 Å². The second kappa shape index (κ2) is 8.38. The molecule has 0 amide bonds. The summed E-state index contributed by atoms with van der Waals surface area (Å²) in [5.41, 5.74) is 2.28. The molecule has 0 aliphatic rings. The van der Waals surface area contributed by atoms with Crippen LogP contribution < -0.4 is 13.8 Å². The largest absolute Gasteiger partial charge is 0.530 e. The quantitative estimate of drug-likeness (QED) is 0.441. The van der Waals surface area contributed by atoms with Gasteiger partial charge in [-0.3, -0.25) is 0 Å². The van der Waals surface area contributed by atoms with Gasteiger partial charge in [0, 0.05) is 24.7 Å². The summed E-state index contributed by atoms with van der Waals surface area (Å²) in [5.74, 6) is 1.44. The van der Waals surface area contributed by atoms with Gasteiger partial charge in [-0.15, -0.1) is 0 Å². The first-order valence-electron chi connectivity index (χ1n) is 10.6. The van der Waals surface area contributed by atoms with Crippen molar-refractivity contribution in [2.75, 3.05) is 18.0 Å². The summed E-state index contributed by atoms with van der Waals surface area (Å²) in [6.45, 7) is 31.0. The molecule has 0 bridgehead atoms. The van der Waals surface area contributed by atoms with Crippen LogP contribution in [0, 0.1) is 6.92 Å². The zero-order valence-electron chi connectivity index (χ0n) is 20.7. The minimum atomic E-state index is -2.00. The minimum Gasteiger partial charge on any atom is -0.530 e. The Morgan fingerprint density at radius 1 is 0.857 bits per heavy atom. The van der Waals surface area contributed by atoms with Crippen LogP contribution in [0.4, 0.5) is 5.69 Å². The summed E-state index contributed by atoms with van der Waals surface area (Å²) in [7, 11) is -3.98. The number of anilines is 1. The molecule has 0 unspecified atom stereocenters. The van der Waals surface area contributed by atoms with E-state index in [9.17, 15) is 0 Å². The van der Waals surface area contributed by atoms with E-state index < -0.39 is 16.6 Å². The highest BCUT2D eigenvalue weighted by Crippen LogP contribution is 2.42. The van der Waals surface area contributed by atoms with Gasteiger partial charge in [0.15, 0.2) is 0 Å². The number of pyridine rings is 1. The van der Waals surface area contributed by atoms with Crippen LogP contribution in [0.25, 0.3) is 0 Å². The molecule has 28 heavy (non-hydrogen) atoms. The summed E-state index contributed by atoms with van der Waals surface area (Å²) in [4.78, 5) is 7.23. The lowest BCUT2D eigenvalue weighted by Crippen LogP contribution is -2.45. The molecule has 0 N–H and O–H groups in total. The Morgan fingerprint density at radius 2 is 1.29 bits per heavy atom. The third-order valence-corrected chi connectivity index (χ3v) is 15.3. The summed E-state index contributed by atoms with van der Waals surface area (Å²) in [6.07, 6.45) is 0. The van der Waals surface area contributed by atoms with Crippen molar-refractivity contribution in [3.63, 3.8) is 0 Å². The normalized spacial score (nSPS) is 13.5. The Bertz CT molecular complexity index is 670. The van der Waals surface area contributed by atoms with Gasteiger partial charge in [-0.25, -0.2) is 0 Å². The lowest BCUT2D eigenvalue weighted by atomic mass is 10.2. The van der Waals surface area contributed by atoms with Crippen molar-refractivity contribution in [3.8, 4) is 11.8 Å². The highest BCUT2D eigenvalue weighted by Gasteiger charge is 2.41. The summed E-state index contributed by atoms with van der Waals surface area (Å²) in [6, 6.07) is 2.11. The molecule has 0 aliphatic heterocycles. The van der Waals surface area contributed by atoms with Crippen molar-refractivity contribution in [1.29, 1.82) is 0 Å². The Balaban J connectivity index is 3.53. The third kappa shape index (κ3) is 5.53. The maximum atomic E-state index is 6.65. The smallest absolute Gasteiger partial charge is 0.252 e. The zero-order valence-corrected chi connectivity index (χ0v) is 22.7. The van der Waals surface area contributed by atoms with Gasteiger partial charge >= 0.3 is 0 Å². The molecule has 0 spiro atoms. The van der Waals surface area contributed by atoms with Crippen molar-refractivity contribution >= 4 is 22.3 Å². The Kier molecular flexibility index (Phi) is 7.49. The highest BCUT2D eigenvalue weighted by atomic mass is 28.4. The van der Waals surface area contributed by atoms with Gasteiger partial charge in [0.2, 0.25) is 11.8 Å². The monoisotopic (exact) mass is 424 g/mol. The second-order valence-electron chi connectivity index (χ2n) is 10.8. The SMILES string of the molecule is CCN(CC)c1cc(O[Si](C)(C)C(C)(C)C)nc(O[Si](C)(C)C(C)(C)C)c1C. The van der Waals surface area contributed by atoms with Crippen LogP contribution in [0.3, 0.4) is 0 Å². The molecule has 0 aliphatic carbocycles. The van der Waals surface area contributed by atoms with Gasteiger partial charge in [0.25, 0.3) is 16.6 Å². The molecule has 0 saturated heterocycles. The van der Waals surface area contributed by atoms with Gasteiger partial charge in [-0.1, -0.05) is 41.5 Å². The topological polar surface area (TPSA) is 34.6 Å². The lowest BCUT2D eigenvalue weighted by Gasteiger charge is -2.38. The van der Waals surface area contributed by atoms with Gasteiger partial charge < -0.3 is 13.8 Å². The fourth-order valence-corrected chi connectivity index (χ4v) is 4.33. The molecule has 1 heterocycles. The highest BCUT2D eigenvalue weighted by molar-refractivity contribution is 6.75. The molecular weight excluding hydrogens is 380 g/mol. The van der Waals surface area contributed by atoms with E-state index in [1.165, 1.54) is 5.69 Å². The Morgan fingerprint density at radius 3 is 1.68 bits per heavy atom. The number of aromatic nitrogens is 1. The standard InChI is InChI=1S/C22H44N2O2Si2/c1-14-24(15-2)18-16-19(25-27(10,11)21(4,5)6)23-20(17(18)3)26-28(12,13)22(7,8)9/h16H,14-15H2,1-13H3. The Labute approximate surface area is 176 Å². The summed E-state index contributed by atoms with van der Waals surface area (Å²) < 4.78 is 13.2. The van der Waals surface area contributed by atoms with Crippen LogP contribution in [0.5, 0.6) is 11.8 Å². The van der Waals surface area contributed by atoms with Gasteiger partial charge in [0.05, 0.1) is 5.69 Å². The van der Waals surface area contributed by atoms with Crippen molar-refractivity contribution < 1.29 is 8.85 Å². The molecule has 1 aromatic rings. The first-order chi connectivity index (χ1) is 12.5. The van der Waals surface area contributed by atoms with Crippen molar-refractivity contribution in [2.45, 2.75) is 98.6 Å². The summed E-state index contributed by atoms with van der Waals surface area (Å²) >= 11 is 0. The molecule has 0 atom stereocenters. The molecule has 1 aromatic heterocycles. The van der Waals surface area contributed by atoms with E-state index in [0.717, 1.165) is 24.5 Å². The van der Waals surface area contributed by atoms with Gasteiger partial charge in [-0.2, -0.15) is 4.98 Å². The molecule has 1 rings (SSSR count). The first kappa shape index (κ1) is 25.0. The molecule has 0 aromatic carbocycles. The van der Waals surface area contributed by atoms with Crippen LogP contribution in [0.2, 0.25) is 36.3 Å². The van der Waals surface area contributed by atoms with Crippen molar-refractivity contribution in [2.24, 2.45) is 0 Å². The van der Waals surface area contributed by atoms with E-state index in [0.29, 0.717) is 5.88 Å². The van der Waals surface area contributed by atoms with E-state index in [2.05, 4.69) is 99.5 Å². The number of hydrogen-bond donors (Lipinski definition) is 0. The number of rotatable bonds is 7. The molecule has 162 valence electrons. The summed E-state index contributed by atoms with van der Waals surface area (Å²) in [5, 5.41) is 0.238. The number of hydrogen-bond acceptors (Lipinski definition) is 4. The molecular formula is C22H44N2O2Si2. The van der Waals surface area contributed by atoms with E-state index in [1.54, 1.807) is 0 Å². The van der Waals surface area contributed by atoms with E-state index in [-0.39, 0.29) is 10.1 Å². The average molecular weight is 425 g/mol. The molecule has 0 radical (unpaired) electrons. The lowest BCUT2D eigenvalue weighted by molar-refractivity contribution is 0.443. The van der Waals surface area contributed by atoms with Crippen LogP contribution in [0.1, 0.15) is 61.0 Å². The van der Waals surface area contributed by atoms with E-state index >= 15 is 0 Å². The number of nitrogens with zero attached hydrogens (tertiary/aromatic N) is 2. The van der Waals surface area contributed by atoms with Crippen LogP contribution in [0.15, 0.2) is 6.07 Å². The predicted molar refractivity (Wildman–Crippen MR) is 128 cm³/mol. The average Bonchev–Trinajstić information content (AvgIpc) is 2.49. The molecule has 0 saturated carbocycles. The predicted octanol–water partition coefficient (Wildman–Crippen LogP) is 7.00. The molecule has 6 heteroatoms. The third-order valence-electron chi connectivity index (χ3n) is 6.60. The van der Waals surface area contributed by atoms with E-state index in [4.69, 9.17) is 13.8 Å². The minimum absolute atomic E-state index is 0.118. The first-order valence-corrected chi connectivity index (χ1v) is 16.4. The van der Waals surface area contributed by atoms with Crippen LogP contribution >= 0.6 is 0 Å². The van der Waals surface area contributed by atoms with Crippen molar-refractivity contribution in [3.05, 3.63) is 11.6 Å². The van der Waals surface area contributed by atoms with E-state index in [1.807, 2.05) is 0 Å². The van der Waals surface area contributed by atoms with Gasteiger partial charge in [-0.05, 0) is 57.0 Å². The van der Waals surface area contributed by atoms with Crippen molar-refractivity contribution in [1.82, 2.24) is 4.98 Å². The second-order valence-corrected chi connectivity index (χ2v) is 20.3. The molecule has 4 nitrogen and oxygen atoms in total. The molecule has 0 fully saturated rings. The van der Waals surface area contributed by atoms with Crippen LogP contribution in [-0.2, 0) is 0 Å². The van der Waals surface area contributed by atoms with Gasteiger partial charge in [0.1, 0.15) is 0 Å². The maximum Gasteiger partial charge on any atom is 0.252 e. The maximum absolute atomic E-state index is 6.65. The Hall–Kier alpha value is -1.02.